The molecule has 4 rings (SSSR count). The summed E-state index contributed by atoms with van der Waals surface area (Å²) in [6, 6.07) is 11.2. The minimum absolute atomic E-state index is 0.0682. The molecule has 2 N–H and O–H groups in total. The molecule has 6 heteroatoms. The largest absolute Gasteiger partial charge is 0.323 e. The van der Waals surface area contributed by atoms with Crippen LogP contribution in [0, 0.1) is 6.92 Å². The summed E-state index contributed by atoms with van der Waals surface area (Å²) in [5, 5.41) is 0.614. The first-order valence-electron chi connectivity index (χ1n) is 7.27. The lowest BCUT2D eigenvalue weighted by molar-refractivity contribution is 0.748. The number of aromatic amines is 2. The zero-order chi connectivity index (χ0) is 16.0. The van der Waals surface area contributed by atoms with Gasteiger partial charge in [0.25, 0.3) is 5.56 Å². The van der Waals surface area contributed by atoms with Crippen molar-refractivity contribution in [2.24, 2.45) is 0 Å². The molecule has 2 aromatic heterocycles. The van der Waals surface area contributed by atoms with Gasteiger partial charge >= 0.3 is 5.69 Å². The van der Waals surface area contributed by atoms with Crippen LogP contribution in [-0.2, 0) is 6.54 Å². The number of aromatic nitrogens is 4. The van der Waals surface area contributed by atoms with Gasteiger partial charge in [0.1, 0.15) is 0 Å². The topological polar surface area (TPSA) is 83.5 Å². The van der Waals surface area contributed by atoms with E-state index in [1.165, 1.54) is 0 Å². The van der Waals surface area contributed by atoms with Crippen LogP contribution in [0.2, 0.25) is 0 Å². The molecule has 0 atom stereocenters. The first-order valence-corrected chi connectivity index (χ1v) is 7.27. The van der Waals surface area contributed by atoms with Gasteiger partial charge in [0, 0.05) is 0 Å². The maximum Gasteiger partial charge on any atom is 0.323 e. The summed E-state index contributed by atoms with van der Waals surface area (Å²) < 4.78 is 1.58. The van der Waals surface area contributed by atoms with Crippen molar-refractivity contribution in [2.75, 3.05) is 0 Å². The Morgan fingerprint density at radius 3 is 2.78 bits per heavy atom. The lowest BCUT2D eigenvalue weighted by Gasteiger charge is -2.08. The molecule has 0 saturated heterocycles. The monoisotopic (exact) mass is 306 g/mol. The van der Waals surface area contributed by atoms with Crippen LogP contribution in [0.15, 0.2) is 52.3 Å². The molecule has 6 nitrogen and oxygen atoms in total. The molecule has 0 radical (unpaired) electrons. The predicted octanol–water partition coefficient (Wildman–Crippen LogP) is 1.92. The first kappa shape index (κ1) is 13.5. The van der Waals surface area contributed by atoms with Crippen LogP contribution in [0.5, 0.6) is 0 Å². The van der Waals surface area contributed by atoms with Crippen molar-refractivity contribution >= 4 is 21.9 Å². The van der Waals surface area contributed by atoms with Crippen LogP contribution in [0.4, 0.5) is 0 Å². The van der Waals surface area contributed by atoms with Gasteiger partial charge in [-0.05, 0) is 36.2 Å². The number of nitrogens with zero attached hydrogens (tertiary/aromatic N) is 2. The van der Waals surface area contributed by atoms with Crippen molar-refractivity contribution in [2.45, 2.75) is 13.5 Å². The van der Waals surface area contributed by atoms with E-state index >= 15 is 0 Å². The third-order valence-corrected chi connectivity index (χ3v) is 3.99. The van der Waals surface area contributed by atoms with Gasteiger partial charge in [0.15, 0.2) is 0 Å². The van der Waals surface area contributed by atoms with E-state index in [4.69, 9.17) is 0 Å². The molecule has 0 spiro atoms. The van der Waals surface area contributed by atoms with Gasteiger partial charge in [-0.15, -0.1) is 0 Å². The molecule has 0 aliphatic carbocycles. The Balaban J connectivity index is 1.81. The molecular formula is C17H14N4O2. The Bertz CT molecular complexity index is 1150. The second-order valence-electron chi connectivity index (χ2n) is 5.61. The van der Waals surface area contributed by atoms with Gasteiger partial charge in [0.2, 0.25) is 0 Å². The maximum absolute atomic E-state index is 12.6. The highest BCUT2D eigenvalue weighted by Crippen LogP contribution is 2.13. The van der Waals surface area contributed by atoms with Gasteiger partial charge in [-0.2, -0.15) is 0 Å². The second-order valence-corrected chi connectivity index (χ2v) is 5.61. The van der Waals surface area contributed by atoms with Crippen molar-refractivity contribution in [3.63, 3.8) is 0 Å². The summed E-state index contributed by atoms with van der Waals surface area (Å²) in [6.45, 7) is 2.34. The number of imidazole rings is 1. The highest BCUT2D eigenvalue weighted by atomic mass is 16.1. The van der Waals surface area contributed by atoms with Crippen molar-refractivity contribution in [1.82, 2.24) is 19.5 Å². The van der Waals surface area contributed by atoms with E-state index in [2.05, 4.69) is 15.0 Å². The molecule has 4 aromatic rings. The van der Waals surface area contributed by atoms with Gasteiger partial charge in [-0.3, -0.25) is 9.36 Å². The molecular weight excluding hydrogens is 292 g/mol. The third kappa shape index (κ3) is 2.24. The Hall–Kier alpha value is -3.15. The van der Waals surface area contributed by atoms with Crippen LogP contribution >= 0.6 is 0 Å². The summed E-state index contributed by atoms with van der Waals surface area (Å²) >= 11 is 0. The fourth-order valence-electron chi connectivity index (χ4n) is 2.82. The minimum atomic E-state index is -0.239. The Morgan fingerprint density at radius 1 is 1.09 bits per heavy atom. The van der Waals surface area contributed by atoms with E-state index in [-0.39, 0.29) is 11.2 Å². The van der Waals surface area contributed by atoms with E-state index in [0.717, 1.165) is 27.7 Å². The highest BCUT2D eigenvalue weighted by molar-refractivity contribution is 5.80. The number of rotatable bonds is 2. The number of hydrogen-bond acceptors (Lipinski definition) is 3. The molecule has 0 aliphatic heterocycles. The van der Waals surface area contributed by atoms with Gasteiger partial charge < -0.3 is 9.97 Å². The van der Waals surface area contributed by atoms with E-state index < -0.39 is 0 Å². The smallest absolute Gasteiger partial charge is 0.306 e. The molecule has 2 aromatic carbocycles. The molecule has 0 amide bonds. The fraction of sp³-hybridized carbons (Fsp3) is 0.118. The molecule has 23 heavy (non-hydrogen) atoms. The number of H-pyrrole nitrogens is 2. The van der Waals surface area contributed by atoms with Crippen LogP contribution in [0.1, 0.15) is 11.1 Å². The van der Waals surface area contributed by atoms with Crippen molar-refractivity contribution < 1.29 is 0 Å². The van der Waals surface area contributed by atoms with Crippen molar-refractivity contribution in [3.05, 3.63) is 74.7 Å². The summed E-state index contributed by atoms with van der Waals surface area (Å²) in [7, 11) is 0. The predicted molar refractivity (Wildman–Crippen MR) is 88.8 cm³/mol. The van der Waals surface area contributed by atoms with Gasteiger partial charge in [0.05, 0.1) is 34.8 Å². The van der Waals surface area contributed by atoms with Crippen molar-refractivity contribution in [3.8, 4) is 0 Å². The number of nitrogens with one attached hydrogen (secondary N) is 2. The fourth-order valence-corrected chi connectivity index (χ4v) is 2.82. The minimum Gasteiger partial charge on any atom is -0.306 e. The molecule has 0 aliphatic rings. The first-order chi connectivity index (χ1) is 11.1. The van der Waals surface area contributed by atoms with Crippen LogP contribution in [0.25, 0.3) is 21.9 Å². The summed E-state index contributed by atoms with van der Waals surface area (Å²) in [5.74, 6) is 0. The standard InChI is InChI=1S/C17H14N4O2/c1-10-3-2-4-12-15(10)18-9-21(16(12)22)8-11-5-6-13-14(7-11)20-17(23)19-13/h2-7,9H,8H2,1H3,(H2,19,20,23). The third-order valence-electron chi connectivity index (χ3n) is 3.99. The Kier molecular flexibility index (Phi) is 2.90. The van der Waals surface area contributed by atoms with E-state index in [1.54, 1.807) is 17.0 Å². The number of fused-ring (bicyclic) bond motifs is 2. The lowest BCUT2D eigenvalue weighted by atomic mass is 10.1. The molecule has 0 saturated carbocycles. The zero-order valence-corrected chi connectivity index (χ0v) is 12.5. The number of para-hydroxylation sites is 1. The van der Waals surface area contributed by atoms with Crippen LogP contribution in [0.3, 0.4) is 0 Å². The second kappa shape index (κ2) is 4.95. The highest BCUT2D eigenvalue weighted by Gasteiger charge is 2.07. The van der Waals surface area contributed by atoms with E-state index in [0.29, 0.717) is 11.9 Å². The summed E-state index contributed by atoms with van der Waals surface area (Å²) in [4.78, 5) is 33.8. The molecule has 0 unspecified atom stereocenters. The molecule has 114 valence electrons. The van der Waals surface area contributed by atoms with Gasteiger partial charge in [-0.25, -0.2) is 9.78 Å². The number of hydrogen-bond donors (Lipinski definition) is 2. The average molecular weight is 306 g/mol. The zero-order valence-electron chi connectivity index (χ0n) is 12.5. The normalized spacial score (nSPS) is 11.3. The Morgan fingerprint density at radius 2 is 1.91 bits per heavy atom. The summed E-state index contributed by atoms with van der Waals surface area (Å²) in [5.41, 5.74) is 3.81. The van der Waals surface area contributed by atoms with E-state index in [1.807, 2.05) is 37.3 Å². The Labute approximate surface area is 130 Å². The number of aryl methyl sites for hydroxylation is 1. The summed E-state index contributed by atoms with van der Waals surface area (Å²) in [6.07, 6.45) is 1.57. The van der Waals surface area contributed by atoms with Gasteiger partial charge in [-0.1, -0.05) is 18.2 Å². The van der Waals surface area contributed by atoms with Crippen LogP contribution < -0.4 is 11.2 Å². The van der Waals surface area contributed by atoms with Crippen molar-refractivity contribution in [1.29, 1.82) is 0 Å². The van der Waals surface area contributed by atoms with Crippen LogP contribution in [-0.4, -0.2) is 19.5 Å². The molecule has 2 heterocycles. The molecule has 0 bridgehead atoms. The SMILES string of the molecule is Cc1cccc2c(=O)n(Cc3ccc4[nH]c(=O)[nH]c4c3)cnc12. The number of benzene rings is 2. The lowest BCUT2D eigenvalue weighted by Crippen LogP contribution is -2.21. The van der Waals surface area contributed by atoms with E-state index in [9.17, 15) is 9.59 Å². The maximum atomic E-state index is 12.6. The average Bonchev–Trinajstić information content (AvgIpc) is 2.90. The quantitative estimate of drug-likeness (QED) is 0.593. The molecule has 0 fully saturated rings.